The molecule has 1 aromatic heterocycles. The number of hydrogen-bond donors (Lipinski definition) is 2. The molecular formula is C40H40N4O7. The molecule has 51 heavy (non-hydrogen) atoms. The average molecular weight is 689 g/mol. The lowest BCUT2D eigenvalue weighted by molar-refractivity contribution is -0.150. The Labute approximate surface area is 295 Å². The van der Waals surface area contributed by atoms with Crippen molar-refractivity contribution in [1.29, 1.82) is 0 Å². The fourth-order valence-corrected chi connectivity index (χ4v) is 9.70. The summed E-state index contributed by atoms with van der Waals surface area (Å²) >= 11 is 0. The van der Waals surface area contributed by atoms with E-state index in [4.69, 9.17) is 19.7 Å². The Morgan fingerprint density at radius 3 is 2.35 bits per heavy atom. The van der Waals surface area contributed by atoms with Gasteiger partial charge in [-0.3, -0.25) is 19.3 Å². The molecular weight excluding hydrogens is 648 g/mol. The van der Waals surface area contributed by atoms with Crippen LogP contribution in [-0.4, -0.2) is 65.3 Å². The van der Waals surface area contributed by atoms with Gasteiger partial charge in [0.2, 0.25) is 5.78 Å². The van der Waals surface area contributed by atoms with E-state index in [1.165, 1.54) is 0 Å². The Kier molecular flexibility index (Phi) is 7.47. The molecule has 0 amide bonds. The summed E-state index contributed by atoms with van der Waals surface area (Å²) in [6.07, 6.45) is 1.65. The second-order valence-corrected chi connectivity index (χ2v) is 14.9. The normalized spacial score (nSPS) is 29.4. The number of carbonyl (C=O) groups excluding carboxylic acids is 3. The van der Waals surface area contributed by atoms with Crippen molar-refractivity contribution in [2.24, 2.45) is 29.4 Å². The van der Waals surface area contributed by atoms with Gasteiger partial charge in [-0.1, -0.05) is 60.7 Å². The van der Waals surface area contributed by atoms with E-state index in [0.717, 1.165) is 47.5 Å². The van der Waals surface area contributed by atoms with Crippen LogP contribution in [-0.2, 0) is 24.4 Å². The Bertz CT molecular complexity index is 2070. The van der Waals surface area contributed by atoms with E-state index in [-0.39, 0.29) is 42.9 Å². The summed E-state index contributed by atoms with van der Waals surface area (Å²) in [6, 6.07) is 20.2. The fourth-order valence-electron chi connectivity index (χ4n) is 9.70. The molecule has 2 fully saturated rings. The summed E-state index contributed by atoms with van der Waals surface area (Å²) in [6.45, 7) is 2.15. The maximum atomic E-state index is 14.9. The molecule has 7 atom stereocenters. The molecule has 11 heteroatoms. The number of carbonyl (C=O) groups is 3. The minimum atomic E-state index is -2.55. The van der Waals surface area contributed by atoms with Gasteiger partial charge < -0.3 is 29.7 Å². The number of aromatic nitrogens is 1. The van der Waals surface area contributed by atoms with Crippen molar-refractivity contribution in [3.63, 3.8) is 0 Å². The van der Waals surface area contributed by atoms with Crippen molar-refractivity contribution in [1.82, 2.24) is 10.1 Å². The summed E-state index contributed by atoms with van der Waals surface area (Å²) in [5.74, 6) is -4.10. The molecule has 4 aromatic rings. The number of ether oxygens (including phenoxy) is 2. The van der Waals surface area contributed by atoms with Crippen LogP contribution >= 0.6 is 0 Å². The molecule has 0 spiro atoms. The first-order chi connectivity index (χ1) is 24.7. The van der Waals surface area contributed by atoms with Crippen molar-refractivity contribution in [2.45, 2.75) is 50.2 Å². The standard InChI is InChI=1S/C40H40N4O7/c1-43-14-13-23-18-44(2)34-25-15-24-16-27-32(41)36-31(39(42-51-36)50-20-22-11-7-4-8-12-22)38(47)40(27,48)37(46)29(24)35(45)30(25)28(17-26(34)33(23)43)49-19-21-9-5-3-6-10-21/h3-12,17,23-24,27,29,32-33,48H,13-16,18-20,41H2,1-2H3. The Morgan fingerprint density at radius 1 is 0.961 bits per heavy atom. The number of nitrogens with two attached hydrogens (primary N) is 1. The average Bonchev–Trinajstić information content (AvgIpc) is 3.74. The third-order valence-electron chi connectivity index (χ3n) is 12.0. The summed E-state index contributed by atoms with van der Waals surface area (Å²) < 4.78 is 17.9. The van der Waals surface area contributed by atoms with Crippen LogP contribution in [0.25, 0.3) is 0 Å². The molecule has 0 bridgehead atoms. The Balaban J connectivity index is 1.11. The molecule has 1 saturated heterocycles. The highest BCUT2D eigenvalue weighted by Gasteiger charge is 2.66. The zero-order valence-corrected chi connectivity index (χ0v) is 28.6. The molecule has 1 saturated carbocycles. The SMILES string of the molecule is CN1CC2CCN(C)C2c2cc(OCc3ccccc3)c3c(c21)CC1CC2C(N)c4onc(OCc5ccccc5)c4C(=O)C2(O)C(=O)C1C3=O. The molecule has 11 nitrogen and oxygen atoms in total. The maximum Gasteiger partial charge on any atom is 0.265 e. The number of fused-ring (bicyclic) bond motifs is 8. The number of benzene rings is 3. The van der Waals surface area contributed by atoms with Crippen molar-refractivity contribution in [3.8, 4) is 11.6 Å². The van der Waals surface area contributed by atoms with Gasteiger partial charge in [0.05, 0.1) is 17.5 Å². The van der Waals surface area contributed by atoms with E-state index < -0.39 is 46.7 Å². The smallest absolute Gasteiger partial charge is 0.265 e. The summed E-state index contributed by atoms with van der Waals surface area (Å²) in [7, 11) is 4.21. The number of ketones is 3. The molecule has 3 heterocycles. The van der Waals surface area contributed by atoms with Gasteiger partial charge in [0.1, 0.15) is 24.5 Å². The predicted octanol–water partition coefficient (Wildman–Crippen LogP) is 4.46. The largest absolute Gasteiger partial charge is 0.488 e. The Hall–Kier alpha value is -4.84. The number of nitrogens with zero attached hydrogens (tertiary/aromatic N) is 3. The van der Waals surface area contributed by atoms with Gasteiger partial charge in [-0.05, 0) is 78.2 Å². The van der Waals surface area contributed by atoms with Crippen LogP contribution in [0.3, 0.4) is 0 Å². The molecule has 2 aliphatic heterocycles. The third-order valence-corrected chi connectivity index (χ3v) is 12.0. The maximum absolute atomic E-state index is 14.9. The van der Waals surface area contributed by atoms with E-state index in [0.29, 0.717) is 23.7 Å². The zero-order valence-electron chi connectivity index (χ0n) is 28.6. The fraction of sp³-hybridized carbons (Fsp3) is 0.400. The van der Waals surface area contributed by atoms with Crippen LogP contribution in [0.4, 0.5) is 5.69 Å². The molecule has 5 aliphatic rings. The van der Waals surface area contributed by atoms with Crippen LogP contribution < -0.4 is 20.1 Å². The van der Waals surface area contributed by atoms with E-state index >= 15 is 0 Å². The minimum Gasteiger partial charge on any atom is -0.488 e. The zero-order chi connectivity index (χ0) is 35.2. The van der Waals surface area contributed by atoms with Crippen LogP contribution in [0.15, 0.2) is 71.3 Å². The van der Waals surface area contributed by atoms with Gasteiger partial charge in [-0.2, -0.15) is 0 Å². The summed E-state index contributed by atoms with van der Waals surface area (Å²) in [5, 5.41) is 16.3. The number of likely N-dealkylation sites (tertiary alicyclic amines) is 1. The molecule has 0 radical (unpaired) electrons. The minimum absolute atomic E-state index is 0.0792. The Morgan fingerprint density at radius 2 is 1.65 bits per heavy atom. The lowest BCUT2D eigenvalue weighted by Gasteiger charge is -2.50. The van der Waals surface area contributed by atoms with Crippen LogP contribution in [0.2, 0.25) is 0 Å². The van der Waals surface area contributed by atoms with Gasteiger partial charge in [-0.25, -0.2) is 0 Å². The van der Waals surface area contributed by atoms with Crippen molar-refractivity contribution in [3.05, 3.63) is 106 Å². The van der Waals surface area contributed by atoms with Crippen molar-refractivity contribution >= 4 is 23.0 Å². The quantitative estimate of drug-likeness (QED) is 0.277. The van der Waals surface area contributed by atoms with Crippen LogP contribution in [0.5, 0.6) is 11.6 Å². The van der Waals surface area contributed by atoms with E-state index in [9.17, 15) is 19.5 Å². The van der Waals surface area contributed by atoms with Gasteiger partial charge in [0.25, 0.3) is 5.88 Å². The summed E-state index contributed by atoms with van der Waals surface area (Å²) in [5.41, 5.74) is 9.16. The lowest BCUT2D eigenvalue weighted by Crippen LogP contribution is -2.66. The van der Waals surface area contributed by atoms with Gasteiger partial charge in [0, 0.05) is 31.2 Å². The summed E-state index contributed by atoms with van der Waals surface area (Å²) in [4.78, 5) is 48.4. The van der Waals surface area contributed by atoms with Crippen molar-refractivity contribution in [2.75, 3.05) is 32.1 Å². The number of rotatable bonds is 6. The first-order valence-corrected chi connectivity index (χ1v) is 17.7. The second-order valence-electron chi connectivity index (χ2n) is 14.9. The van der Waals surface area contributed by atoms with Crippen LogP contribution in [0.1, 0.15) is 73.7 Å². The topological polar surface area (TPSA) is 148 Å². The monoisotopic (exact) mass is 688 g/mol. The third kappa shape index (κ3) is 4.74. The number of hydrogen-bond acceptors (Lipinski definition) is 11. The second kappa shape index (κ2) is 11.9. The van der Waals surface area contributed by atoms with Crippen LogP contribution in [0, 0.1) is 23.7 Å². The molecule has 262 valence electrons. The number of aliphatic hydroxyl groups is 1. The van der Waals surface area contributed by atoms with E-state index in [1.54, 1.807) is 0 Å². The van der Waals surface area contributed by atoms with E-state index in [1.807, 2.05) is 66.7 Å². The van der Waals surface area contributed by atoms with Gasteiger partial charge in [0.15, 0.2) is 22.9 Å². The number of Topliss-reactive ketones (excluding diaryl/α,β-unsaturated/α-hetero) is 3. The highest BCUT2D eigenvalue weighted by molar-refractivity contribution is 6.27. The first kappa shape index (κ1) is 32.1. The molecule has 3 aromatic carbocycles. The molecule has 3 aliphatic carbocycles. The number of anilines is 1. The molecule has 3 N–H and O–H groups in total. The van der Waals surface area contributed by atoms with Gasteiger partial charge in [-0.15, -0.1) is 0 Å². The van der Waals surface area contributed by atoms with E-state index in [2.05, 4.69) is 29.1 Å². The van der Waals surface area contributed by atoms with Crippen molar-refractivity contribution < 1.29 is 33.5 Å². The molecule has 7 unspecified atom stereocenters. The lowest BCUT2D eigenvalue weighted by atomic mass is 9.54. The molecule has 9 rings (SSSR count). The highest BCUT2D eigenvalue weighted by Crippen LogP contribution is 2.57. The predicted molar refractivity (Wildman–Crippen MR) is 186 cm³/mol. The first-order valence-electron chi connectivity index (χ1n) is 17.7. The highest BCUT2D eigenvalue weighted by atomic mass is 16.5. The van der Waals surface area contributed by atoms with Gasteiger partial charge >= 0.3 is 0 Å².